The zero-order valence-electron chi connectivity index (χ0n) is 13.7. The van der Waals surface area contributed by atoms with Crippen LogP contribution in [-0.4, -0.2) is 42.3 Å². The Morgan fingerprint density at radius 2 is 1.58 bits per heavy atom. The lowest BCUT2D eigenvalue weighted by molar-refractivity contribution is 0.00586. The van der Waals surface area contributed by atoms with Gasteiger partial charge in [0.25, 0.3) is 0 Å². The van der Waals surface area contributed by atoms with E-state index >= 15 is 0 Å². The lowest BCUT2D eigenvalue weighted by Gasteiger charge is -2.43. The highest BCUT2D eigenvalue weighted by molar-refractivity contribution is 4.93. The molecule has 0 aliphatic carbocycles. The van der Waals surface area contributed by atoms with Crippen molar-refractivity contribution >= 4 is 0 Å². The summed E-state index contributed by atoms with van der Waals surface area (Å²) in [5, 5.41) is 0. The highest BCUT2D eigenvalue weighted by atomic mass is 16.5. The van der Waals surface area contributed by atoms with Gasteiger partial charge in [-0.15, -0.1) is 0 Å². The molecule has 1 heterocycles. The Hall–Kier alpha value is -0.120. The van der Waals surface area contributed by atoms with E-state index in [1.165, 1.54) is 38.8 Å². The molecule has 0 aromatic heterocycles. The van der Waals surface area contributed by atoms with Crippen LogP contribution in [0.2, 0.25) is 0 Å². The molecule has 3 nitrogen and oxygen atoms in total. The third-order valence-electron chi connectivity index (χ3n) is 4.94. The molecule has 0 amide bonds. The van der Waals surface area contributed by atoms with Gasteiger partial charge >= 0.3 is 0 Å². The molecule has 0 aromatic carbocycles. The van der Waals surface area contributed by atoms with Crippen molar-refractivity contribution < 1.29 is 4.74 Å². The van der Waals surface area contributed by atoms with Gasteiger partial charge in [-0.3, -0.25) is 4.90 Å². The Kier molecular flexibility index (Phi) is 6.28. The molecule has 0 bridgehead atoms. The molecule has 19 heavy (non-hydrogen) atoms. The Balaban J connectivity index is 2.54. The van der Waals surface area contributed by atoms with Crippen molar-refractivity contribution in [3.05, 3.63) is 0 Å². The smallest absolute Gasteiger partial charge is 0.0623 e. The summed E-state index contributed by atoms with van der Waals surface area (Å²) in [4.78, 5) is 2.60. The molecular formula is C16H34N2O. The molecule has 1 saturated heterocycles. The Bertz CT molecular complexity index is 255. The Morgan fingerprint density at radius 1 is 1.05 bits per heavy atom. The second kappa shape index (κ2) is 7.05. The van der Waals surface area contributed by atoms with Gasteiger partial charge in [0.1, 0.15) is 0 Å². The van der Waals surface area contributed by atoms with E-state index in [0.29, 0.717) is 0 Å². The van der Waals surface area contributed by atoms with Crippen molar-refractivity contribution in [2.45, 2.75) is 83.4 Å². The van der Waals surface area contributed by atoms with Gasteiger partial charge in [-0.05, 0) is 66.5 Å². The SMILES string of the molecule is COC(C)(C)CCC(N)C(C)(C)N1CCCCCC1. The molecule has 1 rings (SSSR count). The zero-order chi connectivity index (χ0) is 14.5. The summed E-state index contributed by atoms with van der Waals surface area (Å²) in [7, 11) is 1.78. The van der Waals surface area contributed by atoms with Crippen molar-refractivity contribution in [1.29, 1.82) is 0 Å². The van der Waals surface area contributed by atoms with Crippen LogP contribution in [0.5, 0.6) is 0 Å². The third kappa shape index (κ3) is 5.05. The fraction of sp³-hybridized carbons (Fsp3) is 1.00. The van der Waals surface area contributed by atoms with Crippen molar-refractivity contribution in [2.24, 2.45) is 5.73 Å². The van der Waals surface area contributed by atoms with Gasteiger partial charge in [0.05, 0.1) is 5.60 Å². The minimum Gasteiger partial charge on any atom is -0.379 e. The number of hydrogen-bond acceptors (Lipinski definition) is 3. The lowest BCUT2D eigenvalue weighted by atomic mass is 9.86. The summed E-state index contributed by atoms with van der Waals surface area (Å²) in [5.41, 5.74) is 6.53. The summed E-state index contributed by atoms with van der Waals surface area (Å²) < 4.78 is 5.50. The molecule has 0 spiro atoms. The van der Waals surface area contributed by atoms with Gasteiger partial charge < -0.3 is 10.5 Å². The maximum absolute atomic E-state index is 6.50. The molecule has 1 aliphatic rings. The molecule has 1 aliphatic heterocycles. The van der Waals surface area contributed by atoms with Crippen LogP contribution < -0.4 is 5.73 Å². The zero-order valence-corrected chi connectivity index (χ0v) is 13.7. The number of ether oxygens (including phenoxy) is 1. The maximum Gasteiger partial charge on any atom is 0.0623 e. The second-order valence-corrected chi connectivity index (χ2v) is 7.16. The number of methoxy groups -OCH3 is 1. The summed E-state index contributed by atoms with van der Waals surface area (Å²) in [6, 6.07) is 0.208. The van der Waals surface area contributed by atoms with E-state index in [2.05, 4.69) is 32.6 Å². The average Bonchev–Trinajstić information content (AvgIpc) is 2.65. The standard InChI is InChI=1S/C16H34N2O/c1-15(2,19-5)11-10-14(17)16(3,4)18-12-8-6-7-9-13-18/h14H,6-13,17H2,1-5H3. The monoisotopic (exact) mass is 270 g/mol. The minimum absolute atomic E-state index is 0.0630. The van der Waals surface area contributed by atoms with Crippen LogP contribution in [0.4, 0.5) is 0 Å². The number of nitrogens with zero attached hydrogens (tertiary/aromatic N) is 1. The van der Waals surface area contributed by atoms with Crippen LogP contribution in [0.3, 0.4) is 0 Å². The molecule has 1 unspecified atom stereocenters. The molecule has 0 saturated carbocycles. The van der Waals surface area contributed by atoms with Crippen LogP contribution in [0, 0.1) is 0 Å². The van der Waals surface area contributed by atoms with E-state index in [0.717, 1.165) is 12.8 Å². The van der Waals surface area contributed by atoms with Gasteiger partial charge in [-0.2, -0.15) is 0 Å². The fourth-order valence-electron chi connectivity index (χ4n) is 2.84. The molecule has 1 atom stereocenters. The molecule has 3 heteroatoms. The number of nitrogens with two attached hydrogens (primary N) is 1. The quantitative estimate of drug-likeness (QED) is 0.805. The highest BCUT2D eigenvalue weighted by Crippen LogP contribution is 2.26. The first kappa shape index (κ1) is 16.9. The highest BCUT2D eigenvalue weighted by Gasteiger charge is 2.34. The summed E-state index contributed by atoms with van der Waals surface area (Å²) in [6.07, 6.45) is 7.42. The Labute approximate surface area is 119 Å². The van der Waals surface area contributed by atoms with E-state index in [4.69, 9.17) is 10.5 Å². The summed E-state index contributed by atoms with van der Waals surface area (Å²) in [6.45, 7) is 11.3. The van der Waals surface area contributed by atoms with Crippen molar-refractivity contribution in [1.82, 2.24) is 4.90 Å². The van der Waals surface area contributed by atoms with E-state index in [1.807, 2.05) is 0 Å². The van der Waals surface area contributed by atoms with E-state index in [-0.39, 0.29) is 17.2 Å². The minimum atomic E-state index is -0.0630. The van der Waals surface area contributed by atoms with Crippen molar-refractivity contribution in [2.75, 3.05) is 20.2 Å². The number of hydrogen-bond donors (Lipinski definition) is 1. The predicted octanol–water partition coefficient (Wildman–Crippen LogP) is 3.17. The van der Waals surface area contributed by atoms with Gasteiger partial charge in [0.2, 0.25) is 0 Å². The van der Waals surface area contributed by atoms with Crippen molar-refractivity contribution in [3.8, 4) is 0 Å². The molecule has 1 fully saturated rings. The van der Waals surface area contributed by atoms with Crippen LogP contribution in [0.25, 0.3) is 0 Å². The molecule has 0 radical (unpaired) electrons. The van der Waals surface area contributed by atoms with Gasteiger partial charge in [-0.1, -0.05) is 12.8 Å². The normalized spacial score (nSPS) is 21.2. The van der Waals surface area contributed by atoms with E-state index in [9.17, 15) is 0 Å². The fourth-order valence-corrected chi connectivity index (χ4v) is 2.84. The first-order valence-corrected chi connectivity index (χ1v) is 7.85. The molecule has 114 valence electrons. The first-order valence-electron chi connectivity index (χ1n) is 7.85. The maximum atomic E-state index is 6.50. The number of rotatable bonds is 6. The topological polar surface area (TPSA) is 38.5 Å². The van der Waals surface area contributed by atoms with Crippen molar-refractivity contribution in [3.63, 3.8) is 0 Å². The van der Waals surface area contributed by atoms with Crippen LogP contribution >= 0.6 is 0 Å². The van der Waals surface area contributed by atoms with Gasteiger partial charge in [0, 0.05) is 18.7 Å². The third-order valence-corrected chi connectivity index (χ3v) is 4.94. The largest absolute Gasteiger partial charge is 0.379 e. The average molecular weight is 270 g/mol. The van der Waals surface area contributed by atoms with Crippen LogP contribution in [-0.2, 0) is 4.74 Å². The van der Waals surface area contributed by atoms with Gasteiger partial charge in [-0.25, -0.2) is 0 Å². The Morgan fingerprint density at radius 3 is 2.05 bits per heavy atom. The van der Waals surface area contributed by atoms with E-state index < -0.39 is 0 Å². The van der Waals surface area contributed by atoms with Crippen LogP contribution in [0.1, 0.15) is 66.2 Å². The molecule has 2 N–H and O–H groups in total. The lowest BCUT2D eigenvalue weighted by Crippen LogP contribution is -2.56. The van der Waals surface area contributed by atoms with Crippen LogP contribution in [0.15, 0.2) is 0 Å². The first-order chi connectivity index (χ1) is 8.79. The summed E-state index contributed by atoms with van der Waals surface area (Å²) >= 11 is 0. The number of likely N-dealkylation sites (tertiary alicyclic amines) is 1. The van der Waals surface area contributed by atoms with Gasteiger partial charge in [0.15, 0.2) is 0 Å². The molecule has 0 aromatic rings. The molecular weight excluding hydrogens is 236 g/mol. The second-order valence-electron chi connectivity index (χ2n) is 7.16. The van der Waals surface area contributed by atoms with E-state index in [1.54, 1.807) is 7.11 Å². The summed E-state index contributed by atoms with van der Waals surface area (Å²) in [5.74, 6) is 0. The predicted molar refractivity (Wildman–Crippen MR) is 82.4 cm³/mol.